The van der Waals surface area contributed by atoms with Gasteiger partial charge < -0.3 is 14.1 Å². The summed E-state index contributed by atoms with van der Waals surface area (Å²) in [6.45, 7) is 1.76. The van der Waals surface area contributed by atoms with Gasteiger partial charge >= 0.3 is 0 Å². The molecule has 0 amide bonds. The Hall–Kier alpha value is -1.65. The molecule has 10 heteroatoms. The zero-order chi connectivity index (χ0) is 18.4. The van der Waals surface area contributed by atoms with E-state index in [2.05, 4.69) is 14.9 Å². The maximum atomic E-state index is 13.1. The molecule has 1 atom stereocenters. The molecule has 0 aromatic carbocycles. The van der Waals surface area contributed by atoms with E-state index in [1.54, 1.807) is 13.0 Å². The predicted molar refractivity (Wildman–Crippen MR) is 87.0 cm³/mol. The van der Waals surface area contributed by atoms with Crippen molar-refractivity contribution in [3.05, 3.63) is 23.4 Å². The summed E-state index contributed by atoms with van der Waals surface area (Å²) in [6, 6.07) is 1.68. The Balaban J connectivity index is 2.07. The van der Waals surface area contributed by atoms with Crippen LogP contribution in [0, 0.1) is 0 Å². The third kappa shape index (κ3) is 5.98. The number of methoxy groups -OCH3 is 1. The molecule has 0 saturated heterocycles. The summed E-state index contributed by atoms with van der Waals surface area (Å²) in [4.78, 5) is 9.50. The summed E-state index contributed by atoms with van der Waals surface area (Å²) < 4.78 is 54.9. The number of nitrogens with zero attached hydrogens (tertiary/aromatic N) is 2. The lowest BCUT2D eigenvalue weighted by atomic mass is 9.94. The minimum Gasteiger partial charge on any atom is -0.760 e. The van der Waals surface area contributed by atoms with Crippen molar-refractivity contribution in [2.45, 2.75) is 51.2 Å². The number of pyridine rings is 1. The van der Waals surface area contributed by atoms with Gasteiger partial charge in [0, 0.05) is 36.8 Å². The second-order valence-electron chi connectivity index (χ2n) is 5.79. The van der Waals surface area contributed by atoms with Crippen molar-refractivity contribution < 1.29 is 27.1 Å². The van der Waals surface area contributed by atoms with E-state index < -0.39 is 17.2 Å². The molecule has 1 heterocycles. The third-order valence-corrected chi connectivity index (χ3v) is 4.27. The number of rotatable bonds is 7. The minimum absolute atomic E-state index is 0.0753. The Morgan fingerprint density at radius 2 is 2.20 bits per heavy atom. The first-order valence-electron chi connectivity index (χ1n) is 7.75. The van der Waals surface area contributed by atoms with Crippen LogP contribution in [-0.2, 0) is 22.6 Å². The van der Waals surface area contributed by atoms with Crippen LogP contribution in [0.1, 0.15) is 43.7 Å². The van der Waals surface area contributed by atoms with Crippen molar-refractivity contribution in [3.8, 4) is 5.88 Å². The second kappa shape index (κ2) is 8.63. The second-order valence-corrected chi connectivity index (χ2v) is 6.55. The molecule has 0 spiro atoms. The molecule has 0 radical (unpaired) electrons. The van der Waals surface area contributed by atoms with Crippen LogP contribution in [0.5, 0.6) is 5.88 Å². The first-order chi connectivity index (χ1) is 11.8. The number of alkyl halides is 2. The van der Waals surface area contributed by atoms with Crippen LogP contribution in [0.2, 0.25) is 0 Å². The largest absolute Gasteiger partial charge is 0.760 e. The van der Waals surface area contributed by atoms with Crippen molar-refractivity contribution >= 4 is 17.0 Å². The fraction of sp³-hybridized carbons (Fsp3) is 0.600. The Labute approximate surface area is 147 Å². The molecule has 25 heavy (non-hydrogen) atoms. The average molecular weight is 376 g/mol. The molecule has 2 rings (SSSR count). The maximum absolute atomic E-state index is 13.1. The van der Waals surface area contributed by atoms with E-state index in [-0.39, 0.29) is 38.3 Å². The van der Waals surface area contributed by atoms with Crippen molar-refractivity contribution in [3.63, 3.8) is 0 Å². The average Bonchev–Trinajstić information content (AvgIpc) is 2.58. The molecule has 1 aromatic heterocycles. The van der Waals surface area contributed by atoms with Gasteiger partial charge in [-0.2, -0.15) is 0 Å². The van der Waals surface area contributed by atoms with Crippen molar-refractivity contribution in [1.29, 1.82) is 0 Å². The third-order valence-electron chi connectivity index (χ3n) is 3.89. The van der Waals surface area contributed by atoms with Crippen molar-refractivity contribution in [1.82, 2.24) is 9.71 Å². The molecule has 1 N–H and O–H groups in total. The first-order valence-corrected chi connectivity index (χ1v) is 8.82. The highest BCUT2D eigenvalue weighted by molar-refractivity contribution is 7.77. The van der Waals surface area contributed by atoms with E-state index in [0.29, 0.717) is 22.7 Å². The summed E-state index contributed by atoms with van der Waals surface area (Å²) >= 11 is -2.38. The van der Waals surface area contributed by atoms with E-state index in [1.807, 2.05) is 0 Å². The molecule has 1 aromatic rings. The fourth-order valence-corrected chi connectivity index (χ4v) is 2.76. The van der Waals surface area contributed by atoms with E-state index >= 15 is 0 Å². The highest BCUT2D eigenvalue weighted by atomic mass is 32.2. The number of nitrogens with one attached hydrogen (secondary N) is 1. The zero-order valence-corrected chi connectivity index (χ0v) is 14.8. The summed E-state index contributed by atoms with van der Waals surface area (Å²) in [7, 11) is 1.45. The highest BCUT2D eigenvalue weighted by Crippen LogP contribution is 2.34. The first kappa shape index (κ1) is 19.7. The lowest BCUT2D eigenvalue weighted by Gasteiger charge is -2.26. The van der Waals surface area contributed by atoms with Gasteiger partial charge in [0.15, 0.2) is 0 Å². The quantitative estimate of drug-likeness (QED) is 0.447. The molecular weight excluding hydrogens is 356 g/mol. The maximum Gasteiger partial charge on any atom is 0.248 e. The van der Waals surface area contributed by atoms with Crippen molar-refractivity contribution in [2.24, 2.45) is 5.16 Å². The van der Waals surface area contributed by atoms with E-state index in [4.69, 9.17) is 9.57 Å². The van der Waals surface area contributed by atoms with Gasteiger partial charge in [-0.3, -0.25) is 4.21 Å². The molecule has 1 fully saturated rings. The highest BCUT2D eigenvalue weighted by Gasteiger charge is 2.35. The Bertz CT molecular complexity index is 648. The lowest BCUT2D eigenvalue weighted by molar-refractivity contribution is -0.0797. The molecular formula is C15H20F2N3O4S-. The van der Waals surface area contributed by atoms with Crippen LogP contribution in [0.25, 0.3) is 0 Å². The molecule has 0 aliphatic heterocycles. The van der Waals surface area contributed by atoms with Crippen LogP contribution in [0.3, 0.4) is 0 Å². The standard InChI is InChI=1S/C15H21F2N3O4S/c1-10(20-24-12-3-5-15(16,17)6-4-12)13-7-11(9-19-25(21)22)8-18-14(13)23-2/h7-8,12,19H,3-6,9H2,1-2H3,(H,21,22)/p-1/b20-10+. The molecule has 1 unspecified atom stereocenters. The number of hydrogen-bond donors (Lipinski definition) is 1. The van der Waals surface area contributed by atoms with Gasteiger partial charge in [0.1, 0.15) is 6.10 Å². The SMILES string of the molecule is COc1ncc(CNS(=O)[O-])cc1/C(C)=N/OC1CCC(F)(F)CC1. The zero-order valence-electron chi connectivity index (χ0n) is 14.0. The monoisotopic (exact) mass is 376 g/mol. The van der Waals surface area contributed by atoms with Crippen LogP contribution >= 0.6 is 0 Å². The van der Waals surface area contributed by atoms with Gasteiger partial charge in [-0.15, -0.1) is 0 Å². The summed E-state index contributed by atoms with van der Waals surface area (Å²) in [5.41, 5.74) is 1.62. The number of aromatic nitrogens is 1. The van der Waals surface area contributed by atoms with Crippen LogP contribution in [-0.4, -0.2) is 38.6 Å². The number of hydrogen-bond acceptors (Lipinski definition) is 6. The molecule has 7 nitrogen and oxygen atoms in total. The number of halogens is 2. The Morgan fingerprint density at radius 3 is 2.80 bits per heavy atom. The molecule has 1 aliphatic rings. The Morgan fingerprint density at radius 1 is 1.52 bits per heavy atom. The van der Waals surface area contributed by atoms with Crippen molar-refractivity contribution in [2.75, 3.05) is 7.11 Å². The van der Waals surface area contributed by atoms with Crippen LogP contribution < -0.4 is 9.46 Å². The molecule has 1 saturated carbocycles. The van der Waals surface area contributed by atoms with E-state index in [9.17, 15) is 17.5 Å². The lowest BCUT2D eigenvalue weighted by Crippen LogP contribution is -2.28. The van der Waals surface area contributed by atoms with Gasteiger partial charge in [0.25, 0.3) is 0 Å². The van der Waals surface area contributed by atoms with Gasteiger partial charge in [-0.05, 0) is 31.4 Å². The summed E-state index contributed by atoms with van der Waals surface area (Å²) in [6.07, 6.45) is 1.23. The normalized spacial score (nSPS) is 19.5. The van der Waals surface area contributed by atoms with Crippen LogP contribution in [0.15, 0.2) is 17.4 Å². The fourth-order valence-electron chi connectivity index (χ4n) is 2.48. The molecule has 1 aliphatic carbocycles. The van der Waals surface area contributed by atoms with E-state index in [1.165, 1.54) is 13.3 Å². The van der Waals surface area contributed by atoms with Gasteiger partial charge in [-0.1, -0.05) is 5.16 Å². The molecule has 0 bridgehead atoms. The minimum atomic E-state index is -2.62. The predicted octanol–water partition coefficient (Wildman–Crippen LogP) is 2.29. The van der Waals surface area contributed by atoms with Gasteiger partial charge in [-0.25, -0.2) is 18.5 Å². The van der Waals surface area contributed by atoms with Crippen LogP contribution in [0.4, 0.5) is 8.78 Å². The summed E-state index contributed by atoms with van der Waals surface area (Å²) in [5, 5.41) is 4.02. The number of oxime groups is 1. The van der Waals surface area contributed by atoms with Gasteiger partial charge in [0.2, 0.25) is 11.8 Å². The topological polar surface area (TPSA) is 95.9 Å². The van der Waals surface area contributed by atoms with E-state index in [0.717, 1.165) is 0 Å². The van der Waals surface area contributed by atoms with Gasteiger partial charge in [0.05, 0.1) is 18.4 Å². The molecule has 140 valence electrons. The summed E-state index contributed by atoms with van der Waals surface area (Å²) in [5.74, 6) is -2.30. The number of ether oxygens (including phenoxy) is 1. The smallest absolute Gasteiger partial charge is 0.248 e. The Kier molecular flexibility index (Phi) is 6.79.